The van der Waals surface area contributed by atoms with E-state index in [2.05, 4.69) is 5.32 Å². The fraction of sp³-hybridized carbons (Fsp3) is 0.312. The highest BCUT2D eigenvalue weighted by molar-refractivity contribution is 6.08. The van der Waals surface area contributed by atoms with Gasteiger partial charge in [0.25, 0.3) is 5.69 Å². The van der Waals surface area contributed by atoms with Crippen LogP contribution in [0.25, 0.3) is 0 Å². The van der Waals surface area contributed by atoms with Gasteiger partial charge in [0, 0.05) is 17.8 Å². The molecular formula is C16H15N3O5. The number of amides is 3. The summed E-state index contributed by atoms with van der Waals surface area (Å²) >= 11 is 0. The van der Waals surface area contributed by atoms with Gasteiger partial charge in [-0.15, -0.1) is 0 Å². The second-order valence-electron chi connectivity index (χ2n) is 5.77. The topological polar surface area (TPSA) is 110 Å². The van der Waals surface area contributed by atoms with Gasteiger partial charge in [-0.2, -0.15) is 0 Å². The van der Waals surface area contributed by atoms with Gasteiger partial charge >= 0.3 is 0 Å². The molecule has 1 saturated heterocycles. The maximum Gasteiger partial charge on any atom is 0.271 e. The maximum absolute atomic E-state index is 12.3. The van der Waals surface area contributed by atoms with Crippen LogP contribution < -0.4 is 5.32 Å². The Bertz CT molecular complexity index is 732. The number of non-ortho nitro benzene ring substituents is 1. The van der Waals surface area contributed by atoms with Gasteiger partial charge in [-0.05, 0) is 18.9 Å². The average Bonchev–Trinajstić information content (AvgIpc) is 2.80. The number of anilines is 1. The zero-order chi connectivity index (χ0) is 17.3. The van der Waals surface area contributed by atoms with Crippen molar-refractivity contribution in [3.8, 4) is 0 Å². The fourth-order valence-corrected chi connectivity index (χ4v) is 3.07. The van der Waals surface area contributed by atoms with Gasteiger partial charge < -0.3 is 5.32 Å². The van der Waals surface area contributed by atoms with Crippen LogP contribution in [0.2, 0.25) is 0 Å². The second-order valence-corrected chi connectivity index (χ2v) is 5.77. The summed E-state index contributed by atoms with van der Waals surface area (Å²) < 4.78 is 0. The number of allylic oxidation sites excluding steroid dienone is 2. The fourth-order valence-electron chi connectivity index (χ4n) is 3.07. The third-order valence-electron chi connectivity index (χ3n) is 4.24. The Morgan fingerprint density at radius 2 is 1.83 bits per heavy atom. The van der Waals surface area contributed by atoms with Gasteiger partial charge in [-0.25, -0.2) is 0 Å². The molecule has 2 aliphatic rings. The number of nitrogens with one attached hydrogen (secondary N) is 1. The smallest absolute Gasteiger partial charge is 0.271 e. The molecule has 124 valence electrons. The van der Waals surface area contributed by atoms with Gasteiger partial charge in [0.1, 0.15) is 6.54 Å². The lowest BCUT2D eigenvalue weighted by Gasteiger charge is -2.14. The number of carbonyl (C=O) groups is 3. The molecule has 3 amide bonds. The molecule has 8 heteroatoms. The largest absolute Gasteiger partial charge is 0.324 e. The summed E-state index contributed by atoms with van der Waals surface area (Å²) in [5, 5.41) is 13.2. The molecule has 24 heavy (non-hydrogen) atoms. The number of fused-ring (bicyclic) bond motifs is 1. The number of benzene rings is 1. The Morgan fingerprint density at radius 3 is 2.42 bits per heavy atom. The Balaban J connectivity index is 1.67. The summed E-state index contributed by atoms with van der Waals surface area (Å²) in [6.45, 7) is -0.382. The van der Waals surface area contributed by atoms with E-state index in [4.69, 9.17) is 0 Å². The lowest BCUT2D eigenvalue weighted by Crippen LogP contribution is -2.38. The van der Waals surface area contributed by atoms with E-state index in [0.717, 1.165) is 4.90 Å². The SMILES string of the molecule is O=C(CN1C(=O)[C@@H]2CC=CC[C@H]2C1=O)Nc1cccc([N+](=O)[O-])c1. The first-order valence-electron chi connectivity index (χ1n) is 7.52. The molecule has 8 nitrogen and oxygen atoms in total. The zero-order valence-electron chi connectivity index (χ0n) is 12.7. The lowest BCUT2D eigenvalue weighted by molar-refractivity contribution is -0.384. The maximum atomic E-state index is 12.3. The third kappa shape index (κ3) is 2.90. The van der Waals surface area contributed by atoms with E-state index in [1.165, 1.54) is 24.3 Å². The van der Waals surface area contributed by atoms with Crippen LogP contribution in [0.3, 0.4) is 0 Å². The first-order chi connectivity index (χ1) is 11.5. The number of nitro groups is 1. The summed E-state index contributed by atoms with van der Waals surface area (Å²) in [5.74, 6) is -1.99. The van der Waals surface area contributed by atoms with Crippen molar-refractivity contribution in [1.29, 1.82) is 0 Å². The molecule has 0 radical (unpaired) electrons. The molecule has 1 aliphatic carbocycles. The average molecular weight is 329 g/mol. The number of hydrogen-bond acceptors (Lipinski definition) is 5. The van der Waals surface area contributed by atoms with Crippen molar-refractivity contribution in [3.05, 3.63) is 46.5 Å². The molecule has 0 aromatic heterocycles. The number of likely N-dealkylation sites (tertiary alicyclic amines) is 1. The summed E-state index contributed by atoms with van der Waals surface area (Å²) in [7, 11) is 0. The quantitative estimate of drug-likeness (QED) is 0.389. The highest BCUT2D eigenvalue weighted by Gasteiger charge is 2.47. The monoisotopic (exact) mass is 329 g/mol. The van der Waals surface area contributed by atoms with Gasteiger partial charge in [0.2, 0.25) is 17.7 Å². The van der Waals surface area contributed by atoms with Crippen molar-refractivity contribution in [2.75, 3.05) is 11.9 Å². The molecule has 0 saturated carbocycles. The van der Waals surface area contributed by atoms with Crippen LogP contribution in [0.5, 0.6) is 0 Å². The molecule has 1 fully saturated rings. The molecule has 2 atom stereocenters. The molecule has 1 heterocycles. The summed E-state index contributed by atoms with van der Waals surface area (Å²) in [6.07, 6.45) is 4.77. The minimum absolute atomic E-state index is 0.154. The standard InChI is InChI=1S/C16H15N3O5/c20-14(17-10-4-3-5-11(8-10)19(23)24)9-18-15(21)12-6-1-2-7-13(12)16(18)22/h1-5,8,12-13H,6-7,9H2,(H,17,20)/t12-,13-/m1/s1. The third-order valence-corrected chi connectivity index (χ3v) is 4.24. The minimum atomic E-state index is -0.569. The Labute approximate surface area is 137 Å². The van der Waals surface area contributed by atoms with Crippen LogP contribution in [-0.2, 0) is 14.4 Å². The predicted octanol–water partition coefficient (Wildman–Crippen LogP) is 1.48. The molecule has 1 aromatic carbocycles. The van der Waals surface area contributed by atoms with Gasteiger partial charge in [0.05, 0.1) is 16.8 Å². The van der Waals surface area contributed by atoms with E-state index in [1.54, 1.807) is 0 Å². The van der Waals surface area contributed by atoms with Crippen LogP contribution in [0, 0.1) is 22.0 Å². The molecule has 0 spiro atoms. The summed E-state index contributed by atoms with van der Waals surface area (Å²) in [6, 6.07) is 5.47. The van der Waals surface area contributed by atoms with E-state index < -0.39 is 10.8 Å². The van der Waals surface area contributed by atoms with Crippen LogP contribution in [0.4, 0.5) is 11.4 Å². The van der Waals surface area contributed by atoms with E-state index in [-0.39, 0.29) is 41.6 Å². The Kier molecular flexibility index (Phi) is 4.11. The number of nitro benzene ring substituents is 1. The second kappa shape index (κ2) is 6.23. The lowest BCUT2D eigenvalue weighted by atomic mass is 9.85. The molecule has 1 N–H and O–H groups in total. The van der Waals surface area contributed by atoms with Crippen LogP contribution in [0.1, 0.15) is 12.8 Å². The van der Waals surface area contributed by atoms with Crippen molar-refractivity contribution in [2.24, 2.45) is 11.8 Å². The van der Waals surface area contributed by atoms with Crippen molar-refractivity contribution >= 4 is 29.1 Å². The molecular weight excluding hydrogens is 314 g/mol. The minimum Gasteiger partial charge on any atom is -0.324 e. The van der Waals surface area contributed by atoms with Crippen molar-refractivity contribution in [3.63, 3.8) is 0 Å². The molecule has 1 aliphatic heterocycles. The Hall–Kier alpha value is -3.03. The Morgan fingerprint density at radius 1 is 1.21 bits per heavy atom. The van der Waals surface area contributed by atoms with Crippen molar-refractivity contribution < 1.29 is 19.3 Å². The van der Waals surface area contributed by atoms with Gasteiger partial charge in [-0.1, -0.05) is 18.2 Å². The summed E-state index contributed by atoms with van der Waals surface area (Å²) in [5.41, 5.74) is 0.0885. The first kappa shape index (κ1) is 15.9. The number of hydrogen-bond donors (Lipinski definition) is 1. The molecule has 0 unspecified atom stereocenters. The van der Waals surface area contributed by atoms with E-state index in [0.29, 0.717) is 12.8 Å². The van der Waals surface area contributed by atoms with E-state index >= 15 is 0 Å². The zero-order valence-corrected chi connectivity index (χ0v) is 12.7. The molecule has 3 rings (SSSR count). The summed E-state index contributed by atoms with van der Waals surface area (Å²) in [4.78, 5) is 47.8. The molecule has 0 bridgehead atoms. The number of rotatable bonds is 4. The first-order valence-corrected chi connectivity index (χ1v) is 7.52. The van der Waals surface area contributed by atoms with Gasteiger partial charge in [0.15, 0.2) is 0 Å². The van der Waals surface area contributed by atoms with Gasteiger partial charge in [-0.3, -0.25) is 29.4 Å². The van der Waals surface area contributed by atoms with E-state index in [9.17, 15) is 24.5 Å². The molecule has 1 aromatic rings. The normalized spacial score (nSPS) is 22.4. The van der Waals surface area contributed by atoms with E-state index in [1.807, 2.05) is 12.2 Å². The van der Waals surface area contributed by atoms with Crippen LogP contribution >= 0.6 is 0 Å². The number of nitrogens with zero attached hydrogens (tertiary/aromatic N) is 2. The number of carbonyl (C=O) groups excluding carboxylic acids is 3. The highest BCUT2D eigenvalue weighted by Crippen LogP contribution is 2.34. The van der Waals surface area contributed by atoms with Crippen LogP contribution in [-0.4, -0.2) is 34.1 Å². The predicted molar refractivity (Wildman–Crippen MR) is 83.8 cm³/mol. The van der Waals surface area contributed by atoms with Crippen molar-refractivity contribution in [1.82, 2.24) is 4.90 Å². The van der Waals surface area contributed by atoms with Crippen LogP contribution in [0.15, 0.2) is 36.4 Å². The number of imide groups is 1. The van der Waals surface area contributed by atoms with Crippen molar-refractivity contribution in [2.45, 2.75) is 12.8 Å². The highest BCUT2D eigenvalue weighted by atomic mass is 16.6.